The highest BCUT2D eigenvalue weighted by Crippen LogP contribution is 2.73. The van der Waals surface area contributed by atoms with E-state index in [4.69, 9.17) is 21.3 Å². The van der Waals surface area contributed by atoms with E-state index < -0.39 is 0 Å². The molecule has 0 radical (unpaired) electrons. The Hall–Kier alpha value is -1.62. The van der Waals surface area contributed by atoms with Gasteiger partial charge in [-0.3, -0.25) is 9.20 Å². The molecule has 4 saturated carbocycles. The van der Waals surface area contributed by atoms with E-state index in [1.165, 1.54) is 7.11 Å². The van der Waals surface area contributed by atoms with Gasteiger partial charge in [-0.15, -0.1) is 0 Å². The lowest BCUT2D eigenvalue weighted by Gasteiger charge is -2.50. The van der Waals surface area contributed by atoms with Crippen LogP contribution in [-0.4, -0.2) is 27.4 Å². The molecule has 0 aliphatic heterocycles. The van der Waals surface area contributed by atoms with Crippen LogP contribution in [0.4, 0.5) is 0 Å². The summed E-state index contributed by atoms with van der Waals surface area (Å²) in [5.74, 6) is 2.10. The number of rotatable bonds is 2. The molecule has 120 valence electrons. The Bertz CT molecular complexity index is 822. The molecule has 0 aromatic carbocycles. The van der Waals surface area contributed by atoms with Crippen LogP contribution in [0, 0.1) is 17.3 Å². The summed E-state index contributed by atoms with van der Waals surface area (Å²) in [5, 5.41) is 0.491. The minimum absolute atomic E-state index is 0.00137. The molecule has 2 aromatic heterocycles. The van der Waals surface area contributed by atoms with E-state index in [9.17, 15) is 4.79 Å². The maximum absolute atomic E-state index is 12.4. The van der Waals surface area contributed by atoms with E-state index in [-0.39, 0.29) is 16.8 Å². The lowest BCUT2D eigenvalue weighted by molar-refractivity contribution is -0.161. The molecule has 5 nitrogen and oxygen atoms in total. The topological polar surface area (TPSA) is 56.5 Å². The van der Waals surface area contributed by atoms with E-state index in [0.29, 0.717) is 17.0 Å². The van der Waals surface area contributed by atoms with E-state index in [1.807, 2.05) is 12.4 Å². The van der Waals surface area contributed by atoms with Crippen molar-refractivity contribution in [2.24, 2.45) is 17.3 Å². The summed E-state index contributed by atoms with van der Waals surface area (Å²) in [6.45, 7) is 0. The fourth-order valence-electron chi connectivity index (χ4n) is 5.51. The quantitative estimate of drug-likeness (QED) is 0.794. The van der Waals surface area contributed by atoms with Crippen LogP contribution in [0.2, 0.25) is 5.15 Å². The highest BCUT2D eigenvalue weighted by molar-refractivity contribution is 6.32. The third-order valence-corrected chi connectivity index (χ3v) is 6.98. The second kappa shape index (κ2) is 4.26. The van der Waals surface area contributed by atoms with Crippen LogP contribution in [0.15, 0.2) is 18.6 Å². The minimum atomic E-state index is -0.229. The third kappa shape index (κ3) is 1.52. The molecular weight excluding hydrogens is 314 g/mol. The number of methoxy groups -OCH3 is 1. The normalized spacial score (nSPS) is 37.7. The van der Waals surface area contributed by atoms with Crippen molar-refractivity contribution in [3.05, 3.63) is 29.6 Å². The van der Waals surface area contributed by atoms with Gasteiger partial charge < -0.3 is 4.74 Å². The fourth-order valence-corrected chi connectivity index (χ4v) is 5.71. The van der Waals surface area contributed by atoms with Gasteiger partial charge in [0.1, 0.15) is 11.3 Å². The van der Waals surface area contributed by atoms with E-state index in [1.54, 1.807) is 6.20 Å². The highest BCUT2D eigenvalue weighted by atomic mass is 35.5. The van der Waals surface area contributed by atoms with Gasteiger partial charge in [0, 0.05) is 17.8 Å². The van der Waals surface area contributed by atoms with Crippen molar-refractivity contribution < 1.29 is 9.53 Å². The Morgan fingerprint density at radius 1 is 1.30 bits per heavy atom. The molecule has 2 heterocycles. The van der Waals surface area contributed by atoms with Crippen molar-refractivity contribution in [2.75, 3.05) is 7.11 Å². The number of imidazole rings is 1. The van der Waals surface area contributed by atoms with Gasteiger partial charge in [0.15, 0.2) is 5.15 Å². The zero-order chi connectivity index (χ0) is 15.8. The lowest BCUT2D eigenvalue weighted by Crippen LogP contribution is -2.51. The first-order valence-corrected chi connectivity index (χ1v) is 8.57. The van der Waals surface area contributed by atoms with Gasteiger partial charge in [-0.05, 0) is 43.9 Å². The number of hydrogen-bond donors (Lipinski definition) is 0. The maximum Gasteiger partial charge on any atom is 0.312 e. The van der Waals surface area contributed by atoms with E-state index in [0.717, 1.165) is 43.4 Å². The van der Waals surface area contributed by atoms with Gasteiger partial charge in [0.2, 0.25) is 0 Å². The standard InChI is InChI=1S/C17H18ClN3O2/c1-23-15(22)17-4-2-16(3-5-17,10-8-11(10)17)14-20-9-12-13(18)19-6-7-21(12)14/h6-7,9-11H,2-5,8H2,1H3. The zero-order valence-electron chi connectivity index (χ0n) is 13.0. The molecule has 0 spiro atoms. The molecule has 23 heavy (non-hydrogen) atoms. The number of ether oxygens (including phenoxy) is 1. The second-order valence-corrected chi connectivity index (χ2v) is 7.67. The average molecular weight is 332 g/mol. The van der Waals surface area contributed by atoms with Crippen molar-refractivity contribution in [2.45, 2.75) is 37.5 Å². The lowest BCUT2D eigenvalue weighted by atomic mass is 9.53. The summed E-state index contributed by atoms with van der Waals surface area (Å²) in [6, 6.07) is 0. The Morgan fingerprint density at radius 3 is 2.83 bits per heavy atom. The largest absolute Gasteiger partial charge is 0.469 e. The molecular formula is C17H18ClN3O2. The summed E-state index contributed by atoms with van der Waals surface area (Å²) >= 11 is 6.20. The molecule has 0 saturated heterocycles. The first kappa shape index (κ1) is 13.8. The molecule has 2 unspecified atom stereocenters. The molecule has 0 N–H and O–H groups in total. The van der Waals surface area contributed by atoms with Crippen LogP contribution in [0.1, 0.15) is 37.9 Å². The summed E-state index contributed by atoms with van der Waals surface area (Å²) in [7, 11) is 1.52. The summed E-state index contributed by atoms with van der Waals surface area (Å²) in [5.41, 5.74) is 0.719. The monoisotopic (exact) mass is 331 g/mol. The number of nitrogens with zero attached hydrogens (tertiary/aromatic N) is 3. The number of carbonyl (C=O) groups is 1. The molecule has 0 amide bonds. The van der Waals surface area contributed by atoms with E-state index in [2.05, 4.69) is 9.38 Å². The van der Waals surface area contributed by atoms with Gasteiger partial charge in [0.25, 0.3) is 0 Å². The van der Waals surface area contributed by atoms with Crippen molar-refractivity contribution in [1.82, 2.24) is 14.4 Å². The molecule has 4 fully saturated rings. The molecule has 2 bridgehead atoms. The van der Waals surface area contributed by atoms with Crippen molar-refractivity contribution in [1.29, 1.82) is 0 Å². The second-order valence-electron chi connectivity index (χ2n) is 7.31. The number of hydrogen-bond acceptors (Lipinski definition) is 4. The molecule has 4 aliphatic rings. The van der Waals surface area contributed by atoms with Gasteiger partial charge in [-0.25, -0.2) is 9.97 Å². The Kier molecular flexibility index (Phi) is 2.55. The first-order chi connectivity index (χ1) is 11.1. The van der Waals surface area contributed by atoms with Gasteiger partial charge >= 0.3 is 5.97 Å². The maximum atomic E-state index is 12.4. The minimum Gasteiger partial charge on any atom is -0.469 e. The fraction of sp³-hybridized carbons (Fsp3) is 0.588. The Morgan fingerprint density at radius 2 is 2.09 bits per heavy atom. The zero-order valence-corrected chi connectivity index (χ0v) is 13.7. The number of fused-ring (bicyclic) bond motifs is 3. The smallest absolute Gasteiger partial charge is 0.312 e. The van der Waals surface area contributed by atoms with E-state index >= 15 is 0 Å². The number of aromatic nitrogens is 3. The van der Waals surface area contributed by atoms with Crippen LogP contribution in [0.5, 0.6) is 0 Å². The average Bonchev–Trinajstić information content (AvgIpc) is 3.31. The number of halogens is 1. The molecule has 6 heteroatoms. The molecule has 6 rings (SSSR count). The summed E-state index contributed by atoms with van der Waals surface area (Å²) in [4.78, 5) is 21.2. The summed E-state index contributed by atoms with van der Waals surface area (Å²) < 4.78 is 7.23. The van der Waals surface area contributed by atoms with Gasteiger partial charge in [-0.1, -0.05) is 11.6 Å². The summed E-state index contributed by atoms with van der Waals surface area (Å²) in [6.07, 6.45) is 10.4. The predicted octanol–water partition coefficient (Wildman–Crippen LogP) is 3.00. The van der Waals surface area contributed by atoms with Crippen LogP contribution < -0.4 is 0 Å². The van der Waals surface area contributed by atoms with Crippen LogP contribution in [-0.2, 0) is 14.9 Å². The third-order valence-electron chi connectivity index (χ3n) is 6.69. The Labute approximate surface area is 139 Å². The van der Waals surface area contributed by atoms with Gasteiger partial charge in [0.05, 0.1) is 18.7 Å². The van der Waals surface area contributed by atoms with Crippen molar-refractivity contribution >= 4 is 23.1 Å². The van der Waals surface area contributed by atoms with Crippen LogP contribution in [0.3, 0.4) is 0 Å². The van der Waals surface area contributed by atoms with Crippen LogP contribution in [0.25, 0.3) is 5.52 Å². The van der Waals surface area contributed by atoms with Crippen molar-refractivity contribution in [3.8, 4) is 0 Å². The van der Waals surface area contributed by atoms with Gasteiger partial charge in [-0.2, -0.15) is 0 Å². The highest BCUT2D eigenvalue weighted by Gasteiger charge is 2.72. The SMILES string of the molecule is COC(=O)C12CCC(c3ncc4c(Cl)nccn34)(CC1)C1CC12. The first-order valence-electron chi connectivity index (χ1n) is 8.19. The predicted molar refractivity (Wildman–Crippen MR) is 84.2 cm³/mol. The van der Waals surface area contributed by atoms with Crippen LogP contribution >= 0.6 is 11.6 Å². The number of carbonyl (C=O) groups excluding carboxylic acids is 1. The molecule has 4 aliphatic carbocycles. The van der Waals surface area contributed by atoms with Crippen molar-refractivity contribution in [3.63, 3.8) is 0 Å². The Balaban J connectivity index is 1.61. The molecule has 2 atom stereocenters. The number of esters is 1. The molecule has 2 aromatic rings.